The van der Waals surface area contributed by atoms with E-state index in [1.807, 2.05) is 0 Å². The van der Waals surface area contributed by atoms with Gasteiger partial charge in [0, 0.05) is 7.05 Å². The number of phenols is 1. The number of phenolic OH excluding ortho intramolecular Hbond substituents is 1. The number of hydrogen-bond acceptors (Lipinski definition) is 7. The minimum Gasteiger partial charge on any atom is -0.504 e. The van der Waals surface area contributed by atoms with Gasteiger partial charge in [-0.1, -0.05) is 0 Å². The Bertz CT molecular complexity index is 1040. The number of likely N-dealkylation sites (N-methyl/N-ethyl adjacent to an activating group) is 1. The highest BCUT2D eigenvalue weighted by Gasteiger charge is 2.23. The lowest BCUT2D eigenvalue weighted by atomic mass is 10.2. The molecular weight excluding hydrogens is 410 g/mol. The largest absolute Gasteiger partial charge is 0.504 e. The molecule has 0 atom stereocenters. The maximum atomic E-state index is 12.7. The Morgan fingerprint density at radius 2 is 1.97 bits per heavy atom. The van der Waals surface area contributed by atoms with Gasteiger partial charge in [0.1, 0.15) is 5.75 Å². The first-order chi connectivity index (χ1) is 14.2. The normalized spacial score (nSPS) is 11.6. The Labute approximate surface area is 176 Å². The van der Waals surface area contributed by atoms with Gasteiger partial charge in [-0.2, -0.15) is 9.41 Å². The summed E-state index contributed by atoms with van der Waals surface area (Å²) < 4.78 is 36.7. The zero-order chi connectivity index (χ0) is 22.3. The van der Waals surface area contributed by atoms with E-state index in [1.54, 1.807) is 32.0 Å². The number of nitrogens with one attached hydrogen (secondary N) is 1. The molecule has 9 nitrogen and oxygen atoms in total. The van der Waals surface area contributed by atoms with Crippen LogP contribution in [0.1, 0.15) is 18.1 Å². The maximum absolute atomic E-state index is 12.7. The van der Waals surface area contributed by atoms with Gasteiger partial charge in [-0.15, -0.1) is 0 Å². The van der Waals surface area contributed by atoms with Gasteiger partial charge in [0.2, 0.25) is 10.0 Å². The maximum Gasteiger partial charge on any atom is 0.255 e. The molecule has 2 N–H and O–H groups in total. The number of hydrazone groups is 1. The van der Waals surface area contributed by atoms with Crippen LogP contribution in [0.4, 0.5) is 0 Å². The van der Waals surface area contributed by atoms with E-state index >= 15 is 0 Å². The molecule has 0 bridgehead atoms. The smallest absolute Gasteiger partial charge is 0.255 e. The minimum atomic E-state index is -3.85. The summed E-state index contributed by atoms with van der Waals surface area (Å²) in [4.78, 5) is 12.2. The van der Waals surface area contributed by atoms with Gasteiger partial charge < -0.3 is 14.6 Å². The molecule has 2 aromatic carbocycles. The molecule has 0 radical (unpaired) electrons. The van der Waals surface area contributed by atoms with E-state index in [0.717, 1.165) is 4.31 Å². The molecule has 2 rings (SSSR count). The van der Waals surface area contributed by atoms with Crippen molar-refractivity contribution < 1.29 is 27.8 Å². The number of sulfonamides is 1. The van der Waals surface area contributed by atoms with Gasteiger partial charge in [-0.05, 0) is 61.4 Å². The third kappa shape index (κ3) is 5.71. The third-order valence-electron chi connectivity index (χ3n) is 4.13. The molecule has 0 aliphatic carbocycles. The number of carbonyl (C=O) groups is 1. The van der Waals surface area contributed by atoms with Crippen LogP contribution >= 0.6 is 0 Å². The fraction of sp³-hybridized carbons (Fsp3) is 0.300. The molecular formula is C20H25N3O6S. The minimum absolute atomic E-state index is 0.00126. The molecule has 1 amide bonds. The van der Waals surface area contributed by atoms with Gasteiger partial charge in [0.25, 0.3) is 5.91 Å². The van der Waals surface area contributed by atoms with Crippen molar-refractivity contribution in [3.8, 4) is 17.2 Å². The lowest BCUT2D eigenvalue weighted by Crippen LogP contribution is -2.36. The lowest BCUT2D eigenvalue weighted by Gasteiger charge is -2.17. The second-order valence-electron chi connectivity index (χ2n) is 6.35. The number of hydrogen-bond donors (Lipinski definition) is 2. The predicted octanol–water partition coefficient (Wildman–Crippen LogP) is 1.88. The van der Waals surface area contributed by atoms with Gasteiger partial charge >= 0.3 is 0 Å². The first-order valence-electron chi connectivity index (χ1n) is 9.07. The Hall–Kier alpha value is -3.11. The number of amides is 1. The molecule has 0 aliphatic rings. The summed E-state index contributed by atoms with van der Waals surface area (Å²) in [5.74, 6) is 0.267. The zero-order valence-electron chi connectivity index (χ0n) is 17.2. The molecule has 0 saturated heterocycles. The number of methoxy groups -OCH3 is 1. The molecule has 0 aliphatic heterocycles. The highest BCUT2D eigenvalue weighted by molar-refractivity contribution is 7.89. The second kappa shape index (κ2) is 10.1. The van der Waals surface area contributed by atoms with E-state index in [0.29, 0.717) is 29.2 Å². The predicted molar refractivity (Wildman–Crippen MR) is 113 cm³/mol. The van der Waals surface area contributed by atoms with Crippen LogP contribution < -0.4 is 14.9 Å². The summed E-state index contributed by atoms with van der Waals surface area (Å²) >= 11 is 0. The summed E-state index contributed by atoms with van der Waals surface area (Å²) in [6.45, 7) is 3.50. The number of nitrogens with zero attached hydrogens (tertiary/aromatic N) is 2. The van der Waals surface area contributed by atoms with Crippen molar-refractivity contribution in [2.45, 2.75) is 18.7 Å². The third-order valence-corrected chi connectivity index (χ3v) is 5.93. The summed E-state index contributed by atoms with van der Waals surface area (Å²) in [7, 11) is -1.04. The topological polar surface area (TPSA) is 118 Å². The molecule has 0 fully saturated rings. The summed E-state index contributed by atoms with van der Waals surface area (Å²) in [5, 5.41) is 13.5. The van der Waals surface area contributed by atoms with Crippen LogP contribution in [0.2, 0.25) is 0 Å². The van der Waals surface area contributed by atoms with Crippen molar-refractivity contribution in [3.63, 3.8) is 0 Å². The fourth-order valence-electron chi connectivity index (χ4n) is 2.57. The van der Waals surface area contributed by atoms with Crippen molar-refractivity contribution in [3.05, 3.63) is 47.5 Å². The van der Waals surface area contributed by atoms with Crippen LogP contribution in [-0.2, 0) is 14.8 Å². The molecule has 2 aromatic rings. The SMILES string of the molecule is CCOc1cc(C=NNC(=O)CN(C)S(=O)(=O)c2ccc(OC)c(C)c2)ccc1O. The highest BCUT2D eigenvalue weighted by atomic mass is 32.2. The van der Waals surface area contributed by atoms with E-state index < -0.39 is 22.5 Å². The Kier molecular flexibility index (Phi) is 7.79. The number of benzene rings is 2. The van der Waals surface area contributed by atoms with Crippen LogP contribution in [0.3, 0.4) is 0 Å². The molecule has 0 aromatic heterocycles. The fourth-order valence-corrected chi connectivity index (χ4v) is 3.79. The van der Waals surface area contributed by atoms with E-state index in [9.17, 15) is 18.3 Å². The van der Waals surface area contributed by atoms with Gasteiger partial charge in [0.15, 0.2) is 11.5 Å². The quantitative estimate of drug-likeness (QED) is 0.459. The molecule has 10 heteroatoms. The Balaban J connectivity index is 2.01. The van der Waals surface area contributed by atoms with E-state index in [2.05, 4.69) is 10.5 Å². The first-order valence-corrected chi connectivity index (χ1v) is 10.5. The second-order valence-corrected chi connectivity index (χ2v) is 8.39. The highest BCUT2D eigenvalue weighted by Crippen LogP contribution is 2.26. The van der Waals surface area contributed by atoms with Crippen LogP contribution in [0.25, 0.3) is 0 Å². The number of aryl methyl sites for hydroxylation is 1. The number of rotatable bonds is 9. The van der Waals surface area contributed by atoms with Crippen molar-refractivity contribution in [1.82, 2.24) is 9.73 Å². The lowest BCUT2D eigenvalue weighted by molar-refractivity contribution is -0.121. The van der Waals surface area contributed by atoms with Gasteiger partial charge in [-0.25, -0.2) is 13.8 Å². The molecule has 162 valence electrons. The van der Waals surface area contributed by atoms with Crippen LogP contribution in [-0.4, -0.2) is 57.3 Å². The van der Waals surface area contributed by atoms with Crippen LogP contribution in [0.5, 0.6) is 17.2 Å². The average molecular weight is 436 g/mol. The molecule has 0 spiro atoms. The zero-order valence-corrected chi connectivity index (χ0v) is 18.1. The first kappa shape index (κ1) is 23.2. The van der Waals surface area contributed by atoms with Crippen molar-refractivity contribution in [2.75, 3.05) is 27.3 Å². The van der Waals surface area contributed by atoms with E-state index in [1.165, 1.54) is 38.6 Å². The van der Waals surface area contributed by atoms with Crippen molar-refractivity contribution in [2.24, 2.45) is 5.10 Å². The van der Waals surface area contributed by atoms with E-state index in [4.69, 9.17) is 9.47 Å². The number of ether oxygens (including phenoxy) is 2. The molecule has 0 saturated carbocycles. The van der Waals surface area contributed by atoms with Gasteiger partial charge in [-0.3, -0.25) is 4.79 Å². The van der Waals surface area contributed by atoms with Crippen molar-refractivity contribution in [1.29, 1.82) is 0 Å². The van der Waals surface area contributed by atoms with Crippen LogP contribution in [0.15, 0.2) is 46.4 Å². The molecule has 30 heavy (non-hydrogen) atoms. The van der Waals surface area contributed by atoms with Crippen molar-refractivity contribution >= 4 is 22.1 Å². The summed E-state index contributed by atoms with van der Waals surface area (Å²) in [6.07, 6.45) is 1.36. The standard InChI is InChI=1S/C20H25N3O6S/c1-5-29-19-11-15(6-8-17(19)24)12-21-22-20(25)13-23(3)30(26,27)16-7-9-18(28-4)14(2)10-16/h6-12,24H,5,13H2,1-4H3,(H,22,25). The number of aromatic hydroxyl groups is 1. The monoisotopic (exact) mass is 435 g/mol. The van der Waals surface area contributed by atoms with Crippen LogP contribution in [0, 0.1) is 6.92 Å². The van der Waals surface area contributed by atoms with E-state index in [-0.39, 0.29) is 10.6 Å². The Morgan fingerprint density at radius 1 is 1.23 bits per heavy atom. The summed E-state index contributed by atoms with van der Waals surface area (Å²) in [6, 6.07) is 9.09. The Morgan fingerprint density at radius 3 is 2.60 bits per heavy atom. The molecule has 0 heterocycles. The van der Waals surface area contributed by atoms with Gasteiger partial charge in [0.05, 0.1) is 31.4 Å². The number of carbonyl (C=O) groups excluding carboxylic acids is 1. The summed E-state index contributed by atoms with van der Waals surface area (Å²) in [5.41, 5.74) is 3.54. The average Bonchev–Trinajstić information content (AvgIpc) is 2.70. The molecule has 0 unspecified atom stereocenters.